The Balaban J connectivity index is 2.26. The molecule has 0 heterocycles. The lowest BCUT2D eigenvalue weighted by Crippen LogP contribution is -2.43. The number of methoxy groups -OCH3 is 2. The van der Waals surface area contributed by atoms with Crippen LogP contribution in [0.15, 0.2) is 18.2 Å². The molecule has 1 aromatic rings. The number of nitrogens with zero attached hydrogens (tertiary/aromatic N) is 1. The molecule has 0 aliphatic heterocycles. The van der Waals surface area contributed by atoms with Gasteiger partial charge in [-0.1, -0.05) is 6.07 Å². The van der Waals surface area contributed by atoms with Gasteiger partial charge in [0.05, 0.1) is 14.2 Å². The van der Waals surface area contributed by atoms with E-state index < -0.39 is 0 Å². The summed E-state index contributed by atoms with van der Waals surface area (Å²) in [5, 5.41) is 0. The van der Waals surface area contributed by atoms with Gasteiger partial charge in [-0.05, 0) is 50.6 Å². The lowest BCUT2D eigenvalue weighted by molar-refractivity contribution is 0.123. The van der Waals surface area contributed by atoms with Gasteiger partial charge < -0.3 is 20.1 Å². The molecule has 0 aromatic heterocycles. The Morgan fingerprint density at radius 1 is 1.16 bits per heavy atom. The Morgan fingerprint density at radius 3 is 2.26 bits per heavy atom. The summed E-state index contributed by atoms with van der Waals surface area (Å²) in [7, 11) is 7.56. The van der Waals surface area contributed by atoms with E-state index in [1.54, 1.807) is 14.2 Å². The summed E-state index contributed by atoms with van der Waals surface area (Å²) in [5.41, 5.74) is 7.19. The predicted molar refractivity (Wildman–Crippen MR) is 76.7 cm³/mol. The highest BCUT2D eigenvalue weighted by atomic mass is 16.5. The van der Waals surface area contributed by atoms with Crippen molar-refractivity contribution in [3.63, 3.8) is 0 Å². The van der Waals surface area contributed by atoms with Crippen LogP contribution in [0.4, 0.5) is 0 Å². The normalized spacial score (nSPS) is 23.9. The third-order valence-corrected chi connectivity index (χ3v) is 3.96. The summed E-state index contributed by atoms with van der Waals surface area (Å²) in [6, 6.07) is 6.93. The molecule has 4 heteroatoms. The molecule has 0 saturated heterocycles. The second-order valence-corrected chi connectivity index (χ2v) is 5.51. The first kappa shape index (κ1) is 14.2. The second-order valence-electron chi connectivity index (χ2n) is 5.51. The van der Waals surface area contributed by atoms with Crippen LogP contribution in [0.5, 0.6) is 11.5 Å². The molecular weight excluding hydrogens is 240 g/mol. The van der Waals surface area contributed by atoms with E-state index in [0.29, 0.717) is 18.0 Å². The molecule has 1 unspecified atom stereocenters. The molecule has 0 radical (unpaired) electrons. The van der Waals surface area contributed by atoms with Crippen LogP contribution < -0.4 is 15.2 Å². The molecule has 0 amide bonds. The third kappa shape index (κ3) is 2.85. The van der Waals surface area contributed by atoms with Crippen LogP contribution in [-0.4, -0.2) is 39.3 Å². The monoisotopic (exact) mass is 264 g/mol. The molecule has 1 saturated carbocycles. The number of rotatable bonds is 5. The van der Waals surface area contributed by atoms with Crippen molar-refractivity contribution >= 4 is 0 Å². The predicted octanol–water partition coefficient (Wildman–Crippen LogP) is 2.04. The lowest BCUT2D eigenvalue weighted by Gasteiger charge is -2.42. The molecule has 2 N–H and O–H groups in total. The van der Waals surface area contributed by atoms with E-state index >= 15 is 0 Å². The Hall–Kier alpha value is -1.26. The highest BCUT2D eigenvalue weighted by molar-refractivity contribution is 5.44. The van der Waals surface area contributed by atoms with Crippen molar-refractivity contribution in [2.75, 3.05) is 28.3 Å². The first-order valence-corrected chi connectivity index (χ1v) is 6.70. The van der Waals surface area contributed by atoms with Crippen molar-refractivity contribution in [1.29, 1.82) is 0 Å². The molecule has 1 aromatic carbocycles. The third-order valence-electron chi connectivity index (χ3n) is 3.96. The van der Waals surface area contributed by atoms with Gasteiger partial charge in [-0.2, -0.15) is 0 Å². The molecular formula is C15H24N2O2. The zero-order valence-corrected chi connectivity index (χ0v) is 12.2. The van der Waals surface area contributed by atoms with E-state index in [2.05, 4.69) is 31.1 Å². The molecule has 1 aliphatic rings. The van der Waals surface area contributed by atoms with E-state index in [0.717, 1.165) is 24.3 Å². The van der Waals surface area contributed by atoms with Gasteiger partial charge in [-0.25, -0.2) is 0 Å². The van der Waals surface area contributed by atoms with Crippen molar-refractivity contribution in [2.45, 2.75) is 24.9 Å². The summed E-state index contributed by atoms with van der Waals surface area (Å²) in [6.07, 6.45) is 2.19. The topological polar surface area (TPSA) is 47.7 Å². The average Bonchev–Trinajstić information content (AvgIpc) is 2.36. The van der Waals surface area contributed by atoms with E-state index in [1.165, 1.54) is 5.56 Å². The molecule has 1 fully saturated rings. The average molecular weight is 264 g/mol. The maximum absolute atomic E-state index is 5.92. The van der Waals surface area contributed by atoms with Crippen LogP contribution in [0.25, 0.3) is 0 Å². The number of hydrogen-bond acceptors (Lipinski definition) is 4. The summed E-state index contributed by atoms with van der Waals surface area (Å²) < 4.78 is 10.7. The number of nitrogens with two attached hydrogens (primary N) is 1. The van der Waals surface area contributed by atoms with Gasteiger partial charge in [0.2, 0.25) is 0 Å². The molecule has 106 valence electrons. The first-order chi connectivity index (χ1) is 9.06. The highest BCUT2D eigenvalue weighted by Crippen LogP contribution is 2.41. The van der Waals surface area contributed by atoms with E-state index in [9.17, 15) is 0 Å². The summed E-state index contributed by atoms with van der Waals surface area (Å²) >= 11 is 0. The van der Waals surface area contributed by atoms with E-state index in [1.807, 2.05) is 6.07 Å². The number of hydrogen-bond donors (Lipinski definition) is 1. The fourth-order valence-electron chi connectivity index (χ4n) is 3.00. The van der Waals surface area contributed by atoms with Crippen LogP contribution >= 0.6 is 0 Å². The molecule has 1 aliphatic carbocycles. The van der Waals surface area contributed by atoms with Crippen LogP contribution in [0.1, 0.15) is 24.4 Å². The van der Waals surface area contributed by atoms with Gasteiger partial charge >= 0.3 is 0 Å². The lowest BCUT2D eigenvalue weighted by atomic mass is 9.73. The van der Waals surface area contributed by atoms with Gasteiger partial charge in [0.15, 0.2) is 11.5 Å². The summed E-state index contributed by atoms with van der Waals surface area (Å²) in [5.74, 6) is 2.19. The smallest absolute Gasteiger partial charge is 0.161 e. The van der Waals surface area contributed by atoms with Crippen LogP contribution in [0.2, 0.25) is 0 Å². The maximum atomic E-state index is 5.92. The van der Waals surface area contributed by atoms with Gasteiger partial charge in [0.25, 0.3) is 0 Å². The Bertz CT molecular complexity index is 428. The van der Waals surface area contributed by atoms with Gasteiger partial charge in [-0.3, -0.25) is 0 Å². The van der Waals surface area contributed by atoms with Crippen LogP contribution in [0.3, 0.4) is 0 Å². The van der Waals surface area contributed by atoms with E-state index in [-0.39, 0.29) is 0 Å². The molecule has 0 bridgehead atoms. The number of ether oxygens (including phenoxy) is 2. The minimum Gasteiger partial charge on any atom is -0.493 e. The van der Waals surface area contributed by atoms with Gasteiger partial charge in [0, 0.05) is 12.1 Å². The SMILES string of the molecule is COc1ccc(C(C2CC(N)C2)N(C)C)cc1OC. The summed E-state index contributed by atoms with van der Waals surface area (Å²) in [6.45, 7) is 0. The largest absolute Gasteiger partial charge is 0.493 e. The van der Waals surface area contributed by atoms with Gasteiger partial charge in [-0.15, -0.1) is 0 Å². The molecule has 19 heavy (non-hydrogen) atoms. The van der Waals surface area contributed by atoms with Crippen molar-refractivity contribution in [3.8, 4) is 11.5 Å². The number of benzene rings is 1. The fraction of sp³-hybridized carbons (Fsp3) is 0.600. The Morgan fingerprint density at radius 2 is 1.79 bits per heavy atom. The molecule has 1 atom stereocenters. The molecule has 2 rings (SSSR count). The van der Waals surface area contributed by atoms with Gasteiger partial charge in [0.1, 0.15) is 0 Å². The fourth-order valence-corrected chi connectivity index (χ4v) is 3.00. The van der Waals surface area contributed by atoms with Crippen LogP contribution in [-0.2, 0) is 0 Å². The van der Waals surface area contributed by atoms with Crippen molar-refractivity contribution in [3.05, 3.63) is 23.8 Å². The minimum atomic E-state index is 0.368. The van der Waals surface area contributed by atoms with E-state index in [4.69, 9.17) is 15.2 Å². The van der Waals surface area contributed by atoms with Crippen molar-refractivity contribution < 1.29 is 9.47 Å². The Labute approximate surface area is 115 Å². The summed E-state index contributed by atoms with van der Waals surface area (Å²) in [4.78, 5) is 2.26. The standard InChI is InChI=1S/C15H24N2O2/c1-17(2)15(11-7-12(16)8-11)10-5-6-13(18-3)14(9-10)19-4/h5-6,9,11-12,15H,7-8,16H2,1-4H3. The maximum Gasteiger partial charge on any atom is 0.161 e. The second kappa shape index (κ2) is 5.80. The Kier molecular flexibility index (Phi) is 4.32. The van der Waals surface area contributed by atoms with Crippen molar-refractivity contribution in [2.24, 2.45) is 11.7 Å². The first-order valence-electron chi connectivity index (χ1n) is 6.70. The highest BCUT2D eigenvalue weighted by Gasteiger charge is 2.35. The molecule has 0 spiro atoms. The minimum absolute atomic E-state index is 0.368. The zero-order chi connectivity index (χ0) is 14.0. The zero-order valence-electron chi connectivity index (χ0n) is 12.2. The van der Waals surface area contributed by atoms with Crippen molar-refractivity contribution in [1.82, 2.24) is 4.90 Å². The quantitative estimate of drug-likeness (QED) is 0.884. The van der Waals surface area contributed by atoms with Crippen LogP contribution in [0, 0.1) is 5.92 Å². The molecule has 4 nitrogen and oxygen atoms in total.